The molecule has 0 aromatic heterocycles. The molecule has 0 saturated carbocycles. The molecule has 1 saturated heterocycles. The molecule has 46 heavy (non-hydrogen) atoms. The number of amides is 2. The third-order valence-corrected chi connectivity index (χ3v) is 10.3. The molecule has 4 heteroatoms. The van der Waals surface area contributed by atoms with Crippen molar-refractivity contribution in [3.05, 3.63) is 185 Å². The zero-order valence-electron chi connectivity index (χ0n) is 25.0. The summed E-state index contributed by atoms with van der Waals surface area (Å²) in [4.78, 5) is 36.7. The number of aliphatic imine (C=N–C) groups is 1. The summed E-state index contributed by atoms with van der Waals surface area (Å²) in [6.45, 7) is 0. The molecule has 4 nitrogen and oxygen atoms in total. The molecule has 0 radical (unpaired) electrons. The second kappa shape index (κ2) is 10.2. The van der Waals surface area contributed by atoms with Crippen molar-refractivity contribution in [1.29, 1.82) is 0 Å². The predicted molar refractivity (Wildman–Crippen MR) is 182 cm³/mol. The Labute approximate surface area is 267 Å². The first-order chi connectivity index (χ1) is 22.7. The molecule has 4 aliphatic rings. The topological polar surface area (TPSA) is 49.7 Å². The first-order valence-corrected chi connectivity index (χ1v) is 15.9. The van der Waals surface area contributed by atoms with E-state index in [0.717, 1.165) is 44.2 Å². The van der Waals surface area contributed by atoms with Gasteiger partial charge in [-0.05, 0) is 44.8 Å². The second-order valence-corrected chi connectivity index (χ2v) is 12.5. The Balaban J connectivity index is 1.30. The summed E-state index contributed by atoms with van der Waals surface area (Å²) in [7, 11) is 0. The number of carbonyl (C=O) groups is 2. The number of carbonyl (C=O) groups excluding carboxylic acids is 2. The van der Waals surface area contributed by atoms with Crippen molar-refractivity contribution in [2.24, 2.45) is 16.8 Å². The van der Waals surface area contributed by atoms with Gasteiger partial charge in [0.1, 0.15) is 0 Å². The van der Waals surface area contributed by atoms with E-state index in [1.54, 1.807) is 0 Å². The number of rotatable bonds is 5. The second-order valence-electron chi connectivity index (χ2n) is 12.5. The molecular weight excluding hydrogens is 564 g/mol. The van der Waals surface area contributed by atoms with E-state index < -0.39 is 17.3 Å². The molecule has 3 aliphatic carbocycles. The van der Waals surface area contributed by atoms with Gasteiger partial charge in [-0.1, -0.05) is 146 Å². The van der Waals surface area contributed by atoms with Gasteiger partial charge in [0.25, 0.3) is 0 Å². The van der Waals surface area contributed by atoms with E-state index in [-0.39, 0.29) is 23.8 Å². The Bertz CT molecular complexity index is 2100. The van der Waals surface area contributed by atoms with Crippen molar-refractivity contribution in [2.75, 3.05) is 4.90 Å². The van der Waals surface area contributed by atoms with Gasteiger partial charge in [0.2, 0.25) is 11.8 Å². The maximum atomic E-state index is 15.0. The van der Waals surface area contributed by atoms with Crippen LogP contribution in [0.4, 0.5) is 5.69 Å². The van der Waals surface area contributed by atoms with Gasteiger partial charge in [0.15, 0.2) is 0 Å². The zero-order chi connectivity index (χ0) is 30.8. The Morgan fingerprint density at radius 3 is 1.78 bits per heavy atom. The van der Waals surface area contributed by atoms with Crippen LogP contribution in [0.3, 0.4) is 0 Å². The lowest BCUT2D eigenvalue weighted by molar-refractivity contribution is -0.122. The highest BCUT2D eigenvalue weighted by atomic mass is 16.2. The number of imide groups is 1. The molecule has 6 aromatic rings. The summed E-state index contributed by atoms with van der Waals surface area (Å²) in [5.74, 6) is -1.70. The van der Waals surface area contributed by atoms with Crippen LogP contribution in [0.15, 0.2) is 157 Å². The fraction of sp³-hybridized carbons (Fsp3) is 0.119. The van der Waals surface area contributed by atoms with Gasteiger partial charge >= 0.3 is 0 Å². The van der Waals surface area contributed by atoms with Crippen LogP contribution in [-0.4, -0.2) is 18.0 Å². The Morgan fingerprint density at radius 2 is 1.13 bits per heavy atom. The first kappa shape index (κ1) is 26.8. The van der Waals surface area contributed by atoms with Gasteiger partial charge in [-0.15, -0.1) is 0 Å². The molecule has 0 N–H and O–H groups in total. The third-order valence-electron chi connectivity index (χ3n) is 10.3. The van der Waals surface area contributed by atoms with E-state index >= 15 is 4.79 Å². The van der Waals surface area contributed by atoms with Crippen molar-refractivity contribution in [1.82, 2.24) is 0 Å². The highest BCUT2D eigenvalue weighted by Crippen LogP contribution is 2.64. The van der Waals surface area contributed by atoms with Gasteiger partial charge in [0, 0.05) is 17.5 Å². The number of nitrogens with zero attached hydrogens (tertiary/aromatic N) is 2. The van der Waals surface area contributed by atoms with Crippen LogP contribution in [0.2, 0.25) is 0 Å². The van der Waals surface area contributed by atoms with Crippen molar-refractivity contribution < 1.29 is 9.59 Å². The quantitative estimate of drug-likeness (QED) is 0.149. The van der Waals surface area contributed by atoms with E-state index in [0.29, 0.717) is 5.69 Å². The highest BCUT2D eigenvalue weighted by molar-refractivity contribution is 6.27. The van der Waals surface area contributed by atoms with E-state index in [1.165, 1.54) is 4.90 Å². The molecule has 1 aliphatic heterocycles. The first-order valence-electron chi connectivity index (χ1n) is 15.9. The molecule has 10 rings (SSSR count). The number of hydrogen-bond donors (Lipinski definition) is 0. The minimum Gasteiger partial charge on any atom is -0.283 e. The van der Waals surface area contributed by atoms with E-state index in [2.05, 4.69) is 48.5 Å². The van der Waals surface area contributed by atoms with Crippen LogP contribution >= 0.6 is 0 Å². The smallest absolute Gasteiger partial charge is 0.239 e. The summed E-state index contributed by atoms with van der Waals surface area (Å²) in [6, 6.07) is 50.8. The Morgan fingerprint density at radius 1 is 0.587 bits per heavy atom. The molecule has 2 bridgehead atoms. The molecule has 2 amide bonds. The maximum absolute atomic E-state index is 15.0. The summed E-state index contributed by atoms with van der Waals surface area (Å²) < 4.78 is 0. The molecule has 0 spiro atoms. The average Bonchev–Trinajstić information content (AvgIpc) is 3.39. The van der Waals surface area contributed by atoms with E-state index in [1.807, 2.05) is 109 Å². The molecule has 0 unspecified atom stereocenters. The largest absolute Gasteiger partial charge is 0.283 e. The van der Waals surface area contributed by atoms with Crippen molar-refractivity contribution >= 4 is 34.5 Å². The molecule has 2 atom stereocenters. The minimum absolute atomic E-state index is 0.138. The van der Waals surface area contributed by atoms with Gasteiger partial charge < -0.3 is 0 Å². The summed E-state index contributed by atoms with van der Waals surface area (Å²) in [6.07, 6.45) is 2.03. The van der Waals surface area contributed by atoms with Gasteiger partial charge in [-0.25, -0.2) is 4.90 Å². The fourth-order valence-corrected chi connectivity index (χ4v) is 8.52. The molecule has 220 valence electrons. The van der Waals surface area contributed by atoms with Crippen LogP contribution in [-0.2, 0) is 15.0 Å². The molecule has 1 heterocycles. The lowest BCUT2D eigenvalue weighted by Crippen LogP contribution is -2.54. The number of benzene rings is 6. The normalized spacial score (nSPS) is 22.8. The van der Waals surface area contributed by atoms with Crippen LogP contribution in [0.1, 0.15) is 45.3 Å². The van der Waals surface area contributed by atoms with Crippen molar-refractivity contribution in [3.63, 3.8) is 0 Å². The van der Waals surface area contributed by atoms with Gasteiger partial charge in [-0.2, -0.15) is 0 Å². The predicted octanol–water partition coefficient (Wildman–Crippen LogP) is 8.25. The maximum Gasteiger partial charge on any atom is 0.239 e. The lowest BCUT2D eigenvalue weighted by Gasteiger charge is -2.52. The molecule has 1 fully saturated rings. The van der Waals surface area contributed by atoms with Crippen LogP contribution < -0.4 is 4.90 Å². The minimum atomic E-state index is -0.930. The molecular formula is C42H30N2O2. The standard InChI is InChI=1S/C42H30N2O2/c45-40-37-36-31-21-9-11-23-33(31)42(34-24-12-10-22-32(34)36,26-43-39(28-15-3-1-4-16-28)29-17-5-2-6-18-29)38(37)41(46)44(40)35-25-13-19-27-14-7-8-20-30(27)35/h1-26,36-39H/t36?,37-,38-,42?/m1/s1. The SMILES string of the molecule is O=C1[C@@H]2C3c4ccccc4C(C=NC(c4ccccc4)c4ccccc4)(c4ccccc43)[C@H]2C(=O)N1c1cccc2ccccc12. The lowest BCUT2D eigenvalue weighted by atomic mass is 9.47. The van der Waals surface area contributed by atoms with Crippen molar-refractivity contribution in [3.8, 4) is 0 Å². The van der Waals surface area contributed by atoms with Gasteiger partial charge in [-0.3, -0.25) is 14.6 Å². The van der Waals surface area contributed by atoms with Crippen LogP contribution in [0.25, 0.3) is 10.8 Å². The number of anilines is 1. The monoisotopic (exact) mass is 594 g/mol. The van der Waals surface area contributed by atoms with Crippen LogP contribution in [0, 0.1) is 11.8 Å². The molecule has 6 aromatic carbocycles. The highest BCUT2D eigenvalue weighted by Gasteiger charge is 2.68. The third kappa shape index (κ3) is 3.64. The average molecular weight is 595 g/mol. The Kier molecular flexibility index (Phi) is 5.94. The summed E-state index contributed by atoms with van der Waals surface area (Å²) in [5.41, 5.74) is 6.17. The summed E-state index contributed by atoms with van der Waals surface area (Å²) in [5, 5.41) is 1.89. The fourth-order valence-electron chi connectivity index (χ4n) is 8.52. The van der Waals surface area contributed by atoms with E-state index in [4.69, 9.17) is 4.99 Å². The van der Waals surface area contributed by atoms with Crippen LogP contribution in [0.5, 0.6) is 0 Å². The summed E-state index contributed by atoms with van der Waals surface area (Å²) >= 11 is 0. The van der Waals surface area contributed by atoms with Crippen molar-refractivity contribution in [2.45, 2.75) is 17.4 Å². The zero-order valence-corrected chi connectivity index (χ0v) is 25.0. The van der Waals surface area contributed by atoms with E-state index in [9.17, 15) is 4.79 Å². The number of hydrogen-bond acceptors (Lipinski definition) is 3. The number of fused-ring (bicyclic) bond motifs is 1. The Hall–Kier alpha value is -5.61. The van der Waals surface area contributed by atoms with Gasteiger partial charge in [0.05, 0.1) is 29.0 Å².